The molecule has 1 aromatic rings. The number of ether oxygens (including phenoxy) is 1. The molecule has 1 aliphatic heterocycles. The van der Waals surface area contributed by atoms with Crippen LogP contribution in [0.1, 0.15) is 20.3 Å². The number of methoxy groups -OCH3 is 1. The molecular formula is C16H21FN2O3. The second-order valence-electron chi connectivity index (χ2n) is 6.08. The number of anilines is 1. The summed E-state index contributed by atoms with van der Waals surface area (Å²) in [5, 5.41) is 2.77. The highest BCUT2D eigenvalue weighted by Gasteiger charge is 2.40. The summed E-state index contributed by atoms with van der Waals surface area (Å²) in [5.74, 6) is -0.689. The Morgan fingerprint density at radius 3 is 2.59 bits per heavy atom. The molecule has 2 amide bonds. The van der Waals surface area contributed by atoms with Crippen LogP contribution in [0.2, 0.25) is 0 Å². The number of rotatable bonds is 6. The molecule has 0 aromatic heterocycles. The molecule has 0 spiro atoms. The normalized spacial score (nSPS) is 18.1. The van der Waals surface area contributed by atoms with Crippen molar-refractivity contribution in [1.29, 1.82) is 0 Å². The Bertz CT molecular complexity index is 557. The molecule has 5 nitrogen and oxygen atoms in total. The van der Waals surface area contributed by atoms with Crippen LogP contribution in [0.5, 0.6) is 0 Å². The number of halogens is 1. The lowest BCUT2D eigenvalue weighted by atomic mass is 9.88. The molecule has 1 aromatic carbocycles. The minimum absolute atomic E-state index is 0.165. The van der Waals surface area contributed by atoms with Crippen LogP contribution in [0.4, 0.5) is 10.1 Å². The number of hydrogen-bond donors (Lipinski definition) is 1. The quantitative estimate of drug-likeness (QED) is 0.814. The van der Waals surface area contributed by atoms with Crippen molar-refractivity contribution in [2.24, 2.45) is 5.41 Å². The van der Waals surface area contributed by atoms with Crippen LogP contribution in [0.25, 0.3) is 0 Å². The van der Waals surface area contributed by atoms with Gasteiger partial charge in [-0.15, -0.1) is 0 Å². The highest BCUT2D eigenvalue weighted by atomic mass is 19.1. The zero-order chi connectivity index (χ0) is 16.3. The Morgan fingerprint density at radius 2 is 2.05 bits per heavy atom. The lowest BCUT2D eigenvalue weighted by molar-refractivity contribution is -0.136. The van der Waals surface area contributed by atoms with E-state index < -0.39 is 11.5 Å². The van der Waals surface area contributed by atoms with E-state index in [0.29, 0.717) is 25.3 Å². The largest absolute Gasteiger partial charge is 0.385 e. The van der Waals surface area contributed by atoms with E-state index in [0.717, 1.165) is 0 Å². The second-order valence-corrected chi connectivity index (χ2v) is 6.08. The van der Waals surface area contributed by atoms with E-state index in [-0.39, 0.29) is 17.6 Å². The molecule has 1 atom stereocenters. The van der Waals surface area contributed by atoms with Crippen LogP contribution >= 0.6 is 0 Å². The van der Waals surface area contributed by atoms with Crippen molar-refractivity contribution in [3.63, 3.8) is 0 Å². The topological polar surface area (TPSA) is 58.6 Å². The molecule has 22 heavy (non-hydrogen) atoms. The fraction of sp³-hybridized carbons (Fsp3) is 0.500. The van der Waals surface area contributed by atoms with Gasteiger partial charge in [0.15, 0.2) is 0 Å². The first kappa shape index (κ1) is 16.4. The number of benzene rings is 1. The summed E-state index contributed by atoms with van der Waals surface area (Å²) >= 11 is 0. The molecule has 0 saturated carbocycles. The molecule has 0 bridgehead atoms. The average molecular weight is 308 g/mol. The monoisotopic (exact) mass is 308 g/mol. The van der Waals surface area contributed by atoms with Crippen molar-refractivity contribution in [2.45, 2.75) is 26.3 Å². The average Bonchev–Trinajstić information content (AvgIpc) is 2.49. The van der Waals surface area contributed by atoms with Gasteiger partial charge in [0.1, 0.15) is 11.9 Å². The van der Waals surface area contributed by atoms with Gasteiger partial charge < -0.3 is 15.0 Å². The first-order valence-electron chi connectivity index (χ1n) is 7.22. The molecule has 120 valence electrons. The van der Waals surface area contributed by atoms with Gasteiger partial charge in [0, 0.05) is 24.8 Å². The van der Waals surface area contributed by atoms with Crippen molar-refractivity contribution < 1.29 is 18.7 Å². The third-order valence-electron chi connectivity index (χ3n) is 3.92. The molecule has 0 unspecified atom stereocenters. The predicted molar refractivity (Wildman–Crippen MR) is 81.0 cm³/mol. The zero-order valence-electron chi connectivity index (χ0n) is 13.1. The summed E-state index contributed by atoms with van der Waals surface area (Å²) in [6.45, 7) is 4.53. The number of hydrogen-bond acceptors (Lipinski definition) is 3. The molecule has 6 heteroatoms. The minimum Gasteiger partial charge on any atom is -0.385 e. The summed E-state index contributed by atoms with van der Waals surface area (Å²) in [6.07, 6.45) is 0.581. The molecule has 1 fully saturated rings. The van der Waals surface area contributed by atoms with Crippen LogP contribution in [-0.2, 0) is 14.3 Å². The number of carbonyl (C=O) groups is 2. The summed E-state index contributed by atoms with van der Waals surface area (Å²) < 4.78 is 17.9. The van der Waals surface area contributed by atoms with Crippen molar-refractivity contribution in [1.82, 2.24) is 5.32 Å². The number of nitrogens with one attached hydrogen (secondary N) is 1. The lowest BCUT2D eigenvalue weighted by Crippen LogP contribution is -2.65. The van der Waals surface area contributed by atoms with Crippen LogP contribution < -0.4 is 10.2 Å². The van der Waals surface area contributed by atoms with Crippen LogP contribution in [0.3, 0.4) is 0 Å². The highest BCUT2D eigenvalue weighted by molar-refractivity contribution is 6.06. The van der Waals surface area contributed by atoms with Gasteiger partial charge in [0.25, 0.3) is 5.91 Å². The second kappa shape index (κ2) is 6.44. The van der Waals surface area contributed by atoms with Crippen LogP contribution in [-0.4, -0.2) is 38.1 Å². The van der Waals surface area contributed by atoms with Gasteiger partial charge in [-0.25, -0.2) is 4.39 Å². The van der Waals surface area contributed by atoms with Gasteiger partial charge in [0.05, 0.1) is 6.54 Å². The van der Waals surface area contributed by atoms with Gasteiger partial charge in [-0.3, -0.25) is 9.59 Å². The Balaban J connectivity index is 1.90. The Labute approximate surface area is 129 Å². The molecule has 2 rings (SSSR count). The smallest absolute Gasteiger partial charge is 0.251 e. The summed E-state index contributed by atoms with van der Waals surface area (Å²) in [4.78, 5) is 25.9. The summed E-state index contributed by atoms with van der Waals surface area (Å²) in [7, 11) is 1.59. The first-order chi connectivity index (χ1) is 10.3. The van der Waals surface area contributed by atoms with E-state index in [9.17, 15) is 14.0 Å². The molecule has 1 N–H and O–H groups in total. The number of nitrogens with zero attached hydrogens (tertiary/aromatic N) is 1. The van der Waals surface area contributed by atoms with E-state index in [2.05, 4.69) is 5.32 Å². The van der Waals surface area contributed by atoms with Crippen molar-refractivity contribution in [3.05, 3.63) is 30.1 Å². The minimum atomic E-state index is -0.591. The number of carbonyl (C=O) groups excluding carboxylic acids is 2. The Kier molecular flexibility index (Phi) is 4.81. The van der Waals surface area contributed by atoms with Gasteiger partial charge >= 0.3 is 0 Å². The maximum atomic E-state index is 12.9. The van der Waals surface area contributed by atoms with Gasteiger partial charge in [-0.1, -0.05) is 13.8 Å². The van der Waals surface area contributed by atoms with Crippen molar-refractivity contribution in [3.8, 4) is 0 Å². The third kappa shape index (κ3) is 3.44. The fourth-order valence-corrected chi connectivity index (χ4v) is 2.21. The SMILES string of the molecule is COCCC(C)(C)C(=O)N[C@@H]1CN(c2ccc(F)cc2)C1=O. The van der Waals surface area contributed by atoms with E-state index in [1.165, 1.54) is 17.0 Å². The standard InChI is InChI=1S/C16H21FN2O3/c1-16(2,8-9-22-3)15(21)18-13-10-19(14(13)20)12-6-4-11(17)5-7-12/h4-7,13H,8-10H2,1-3H3,(H,18,21)/t13-/m1/s1. The maximum Gasteiger partial charge on any atom is 0.251 e. The van der Waals surface area contributed by atoms with E-state index in [1.807, 2.05) is 13.8 Å². The zero-order valence-corrected chi connectivity index (χ0v) is 13.1. The molecular weight excluding hydrogens is 287 g/mol. The van der Waals surface area contributed by atoms with E-state index in [1.54, 1.807) is 19.2 Å². The molecule has 0 aliphatic carbocycles. The summed E-state index contributed by atoms with van der Waals surface area (Å²) in [6, 6.07) is 5.20. The van der Waals surface area contributed by atoms with Crippen LogP contribution in [0.15, 0.2) is 24.3 Å². The van der Waals surface area contributed by atoms with Gasteiger partial charge in [0.2, 0.25) is 5.91 Å². The van der Waals surface area contributed by atoms with Crippen molar-refractivity contribution >= 4 is 17.5 Å². The highest BCUT2D eigenvalue weighted by Crippen LogP contribution is 2.25. The number of β-lactam (4-membered cyclic amide) rings is 1. The van der Waals surface area contributed by atoms with Gasteiger partial charge in [-0.2, -0.15) is 0 Å². The van der Waals surface area contributed by atoms with E-state index in [4.69, 9.17) is 4.74 Å². The van der Waals surface area contributed by atoms with E-state index >= 15 is 0 Å². The molecule has 1 aliphatic rings. The molecule has 1 heterocycles. The Hall–Kier alpha value is -1.95. The fourth-order valence-electron chi connectivity index (χ4n) is 2.21. The third-order valence-corrected chi connectivity index (χ3v) is 3.92. The van der Waals surface area contributed by atoms with Gasteiger partial charge in [-0.05, 0) is 30.7 Å². The lowest BCUT2D eigenvalue weighted by Gasteiger charge is -2.40. The maximum absolute atomic E-state index is 12.9. The molecule has 0 radical (unpaired) electrons. The Morgan fingerprint density at radius 1 is 1.41 bits per heavy atom. The van der Waals surface area contributed by atoms with Crippen molar-refractivity contribution in [2.75, 3.05) is 25.2 Å². The summed E-state index contributed by atoms with van der Waals surface area (Å²) in [5.41, 5.74) is 0.0441. The predicted octanol–water partition coefficient (Wildman–Crippen LogP) is 1.72. The van der Waals surface area contributed by atoms with Crippen LogP contribution in [0, 0.1) is 11.2 Å². The number of amides is 2. The molecule has 1 saturated heterocycles. The first-order valence-corrected chi connectivity index (χ1v) is 7.22.